The van der Waals surface area contributed by atoms with Crippen LogP contribution in [-0.2, 0) is 23.7 Å². The molecule has 0 aromatic rings. The van der Waals surface area contributed by atoms with Crippen molar-refractivity contribution in [2.75, 3.05) is 86.7 Å². The van der Waals surface area contributed by atoms with Crippen molar-refractivity contribution < 1.29 is 23.7 Å². The Kier molecular flexibility index (Phi) is 16.6. The van der Waals surface area contributed by atoms with E-state index in [1.165, 1.54) is 0 Å². The molecule has 6 nitrogen and oxygen atoms in total. The molecule has 0 atom stereocenters. The quantitative estimate of drug-likeness (QED) is 0.390. The Morgan fingerprint density at radius 3 is 1.45 bits per heavy atom. The van der Waals surface area contributed by atoms with Crippen molar-refractivity contribution >= 4 is 0 Å². The summed E-state index contributed by atoms with van der Waals surface area (Å²) in [6.07, 6.45) is 0. The topological polar surface area (TPSA) is 49.4 Å². The van der Waals surface area contributed by atoms with Crippen molar-refractivity contribution in [1.82, 2.24) is 4.90 Å². The van der Waals surface area contributed by atoms with E-state index in [2.05, 4.69) is 4.90 Å². The Balaban J connectivity index is 3.64. The highest BCUT2D eigenvalue weighted by Crippen LogP contribution is 1.91. The van der Waals surface area contributed by atoms with E-state index in [4.69, 9.17) is 23.7 Å². The van der Waals surface area contributed by atoms with Crippen LogP contribution in [0.3, 0.4) is 0 Å². The third-order valence-corrected chi connectivity index (χ3v) is 2.72. The highest BCUT2D eigenvalue weighted by molar-refractivity contribution is 4.57. The van der Waals surface area contributed by atoms with Gasteiger partial charge in [0, 0.05) is 40.5 Å². The van der Waals surface area contributed by atoms with Crippen LogP contribution < -0.4 is 0 Å². The normalized spacial score (nSPS) is 11.4. The SMILES string of the molecule is CCOCCN(CCOCCOC)CCOCCOC. The first kappa shape index (κ1) is 19.8. The third-order valence-electron chi connectivity index (χ3n) is 2.72. The lowest BCUT2D eigenvalue weighted by Crippen LogP contribution is -2.34. The molecule has 0 aromatic carbocycles. The van der Waals surface area contributed by atoms with Gasteiger partial charge in [0.25, 0.3) is 0 Å². The molecule has 0 unspecified atom stereocenters. The lowest BCUT2D eigenvalue weighted by Gasteiger charge is -2.22. The van der Waals surface area contributed by atoms with Crippen molar-refractivity contribution in [3.05, 3.63) is 0 Å². The molecule has 0 aliphatic rings. The van der Waals surface area contributed by atoms with Gasteiger partial charge in [0.2, 0.25) is 0 Å². The molecule has 0 aromatic heterocycles. The highest BCUT2D eigenvalue weighted by Gasteiger charge is 2.05. The average Bonchev–Trinajstić information content (AvgIpc) is 2.46. The molecule has 122 valence electrons. The lowest BCUT2D eigenvalue weighted by molar-refractivity contribution is 0.0296. The molecule has 0 amide bonds. The minimum absolute atomic E-state index is 0.638. The van der Waals surface area contributed by atoms with Crippen LogP contribution in [0.2, 0.25) is 0 Å². The lowest BCUT2D eigenvalue weighted by atomic mass is 10.4. The first-order valence-electron chi connectivity index (χ1n) is 7.28. The number of methoxy groups -OCH3 is 2. The molecule has 0 radical (unpaired) electrons. The predicted molar refractivity (Wildman–Crippen MR) is 78.3 cm³/mol. The first-order valence-corrected chi connectivity index (χ1v) is 7.28. The van der Waals surface area contributed by atoms with Gasteiger partial charge in [-0.15, -0.1) is 0 Å². The van der Waals surface area contributed by atoms with E-state index in [-0.39, 0.29) is 0 Å². The Morgan fingerprint density at radius 1 is 0.600 bits per heavy atom. The van der Waals surface area contributed by atoms with Gasteiger partial charge in [-0.3, -0.25) is 4.90 Å². The monoisotopic (exact) mass is 293 g/mol. The third kappa shape index (κ3) is 14.2. The van der Waals surface area contributed by atoms with E-state index < -0.39 is 0 Å². The van der Waals surface area contributed by atoms with Crippen molar-refractivity contribution in [3.63, 3.8) is 0 Å². The fourth-order valence-electron chi connectivity index (χ4n) is 1.55. The zero-order chi connectivity index (χ0) is 14.9. The maximum Gasteiger partial charge on any atom is 0.0700 e. The van der Waals surface area contributed by atoms with Crippen LogP contribution in [0.25, 0.3) is 0 Å². The Labute approximate surface area is 123 Å². The van der Waals surface area contributed by atoms with E-state index >= 15 is 0 Å². The largest absolute Gasteiger partial charge is 0.382 e. The molecule has 0 aliphatic heterocycles. The number of hydrogen-bond donors (Lipinski definition) is 0. The molecule has 0 spiro atoms. The van der Waals surface area contributed by atoms with Gasteiger partial charge < -0.3 is 23.7 Å². The predicted octanol–water partition coefficient (Wildman–Crippen LogP) is 0.651. The van der Waals surface area contributed by atoms with E-state index in [0.717, 1.165) is 32.8 Å². The molecule has 0 saturated carbocycles. The summed E-state index contributed by atoms with van der Waals surface area (Å²) < 4.78 is 26.2. The maximum absolute atomic E-state index is 5.49. The van der Waals surface area contributed by atoms with Gasteiger partial charge in [-0.25, -0.2) is 0 Å². The molecule has 0 fully saturated rings. The summed E-state index contributed by atoms with van der Waals surface area (Å²) in [7, 11) is 3.35. The summed E-state index contributed by atoms with van der Waals surface area (Å²) in [5, 5.41) is 0. The fraction of sp³-hybridized carbons (Fsp3) is 1.00. The molecule has 6 heteroatoms. The van der Waals surface area contributed by atoms with Gasteiger partial charge in [0.05, 0.1) is 46.2 Å². The molecule has 0 N–H and O–H groups in total. The van der Waals surface area contributed by atoms with E-state index in [9.17, 15) is 0 Å². The molecular weight excluding hydrogens is 262 g/mol. The standard InChI is InChI=1S/C14H31NO5/c1-4-18-8-5-15(6-9-19-13-11-16-2)7-10-20-14-12-17-3/h4-14H2,1-3H3. The van der Waals surface area contributed by atoms with Crippen LogP contribution in [0.5, 0.6) is 0 Å². The maximum atomic E-state index is 5.49. The van der Waals surface area contributed by atoms with Crippen LogP contribution in [0, 0.1) is 0 Å². The number of nitrogens with zero attached hydrogens (tertiary/aromatic N) is 1. The van der Waals surface area contributed by atoms with E-state index in [1.54, 1.807) is 14.2 Å². The Morgan fingerprint density at radius 2 is 1.05 bits per heavy atom. The molecule has 0 saturated heterocycles. The van der Waals surface area contributed by atoms with Gasteiger partial charge in [0.1, 0.15) is 0 Å². The zero-order valence-corrected chi connectivity index (χ0v) is 13.3. The minimum Gasteiger partial charge on any atom is -0.382 e. The van der Waals surface area contributed by atoms with Gasteiger partial charge in [-0.05, 0) is 6.92 Å². The van der Waals surface area contributed by atoms with Crippen molar-refractivity contribution in [3.8, 4) is 0 Å². The summed E-state index contributed by atoms with van der Waals surface area (Å²) in [5.74, 6) is 0. The van der Waals surface area contributed by atoms with Gasteiger partial charge in [-0.2, -0.15) is 0 Å². The molecule has 0 bridgehead atoms. The summed E-state index contributed by atoms with van der Waals surface area (Å²) in [5.41, 5.74) is 0. The summed E-state index contributed by atoms with van der Waals surface area (Å²) in [6.45, 7) is 10.1. The highest BCUT2D eigenvalue weighted by atomic mass is 16.5. The van der Waals surface area contributed by atoms with Crippen LogP contribution in [0.1, 0.15) is 6.92 Å². The number of hydrogen-bond acceptors (Lipinski definition) is 6. The second-order valence-corrected chi connectivity index (χ2v) is 4.25. The number of ether oxygens (including phenoxy) is 5. The summed E-state index contributed by atoms with van der Waals surface area (Å²) in [4.78, 5) is 2.29. The van der Waals surface area contributed by atoms with Gasteiger partial charge >= 0.3 is 0 Å². The molecule has 20 heavy (non-hydrogen) atoms. The van der Waals surface area contributed by atoms with Gasteiger partial charge in [0.15, 0.2) is 0 Å². The molecule has 0 rings (SSSR count). The second kappa shape index (κ2) is 16.8. The second-order valence-electron chi connectivity index (χ2n) is 4.25. The zero-order valence-electron chi connectivity index (χ0n) is 13.3. The molecule has 0 heterocycles. The molecule has 0 aliphatic carbocycles. The van der Waals surface area contributed by atoms with Crippen LogP contribution in [0.4, 0.5) is 0 Å². The summed E-state index contributed by atoms with van der Waals surface area (Å²) >= 11 is 0. The average molecular weight is 293 g/mol. The van der Waals surface area contributed by atoms with Crippen LogP contribution in [-0.4, -0.2) is 91.6 Å². The Hall–Kier alpha value is -0.240. The van der Waals surface area contributed by atoms with Crippen LogP contribution in [0.15, 0.2) is 0 Å². The van der Waals surface area contributed by atoms with Crippen molar-refractivity contribution in [1.29, 1.82) is 0 Å². The first-order chi connectivity index (χ1) is 9.85. The van der Waals surface area contributed by atoms with Crippen LogP contribution >= 0.6 is 0 Å². The Bertz CT molecular complexity index is 169. The van der Waals surface area contributed by atoms with Crippen molar-refractivity contribution in [2.24, 2.45) is 0 Å². The minimum atomic E-state index is 0.638. The van der Waals surface area contributed by atoms with E-state index in [1.807, 2.05) is 6.92 Å². The van der Waals surface area contributed by atoms with E-state index in [0.29, 0.717) is 39.6 Å². The molecular formula is C14H31NO5. The number of rotatable bonds is 16. The van der Waals surface area contributed by atoms with Crippen molar-refractivity contribution in [2.45, 2.75) is 6.92 Å². The smallest absolute Gasteiger partial charge is 0.0700 e. The summed E-state index contributed by atoms with van der Waals surface area (Å²) in [6, 6.07) is 0. The fourth-order valence-corrected chi connectivity index (χ4v) is 1.55. The van der Waals surface area contributed by atoms with Gasteiger partial charge in [-0.1, -0.05) is 0 Å².